The maximum Gasteiger partial charge on any atom is 0.146 e. The van der Waals surface area contributed by atoms with Gasteiger partial charge in [-0.15, -0.1) is 0 Å². The molecule has 140 valence electrons. The quantitative estimate of drug-likeness (QED) is 0.633. The van der Waals surface area contributed by atoms with E-state index in [2.05, 4.69) is 23.6 Å². The van der Waals surface area contributed by atoms with Gasteiger partial charge >= 0.3 is 0 Å². The van der Waals surface area contributed by atoms with Crippen LogP contribution in [0.15, 0.2) is 0 Å². The van der Waals surface area contributed by atoms with E-state index in [-0.39, 0.29) is 0 Å². The number of carbonyl (C=O) groups is 2. The molecule has 24 heavy (non-hydrogen) atoms. The molecule has 4 nitrogen and oxygen atoms in total. The molecule has 0 N–H and O–H groups in total. The smallest absolute Gasteiger partial charge is 0.146 e. The third-order valence-corrected chi connectivity index (χ3v) is 4.82. The summed E-state index contributed by atoms with van der Waals surface area (Å²) in [5.74, 6) is 0.857. The van der Waals surface area contributed by atoms with Crippen LogP contribution in [0.3, 0.4) is 0 Å². The van der Waals surface area contributed by atoms with Crippen LogP contribution < -0.4 is 0 Å². The van der Waals surface area contributed by atoms with Gasteiger partial charge in [-0.1, -0.05) is 39.5 Å². The molecule has 2 aliphatic rings. The van der Waals surface area contributed by atoms with E-state index in [0.717, 1.165) is 51.9 Å². The fraction of sp³-hybridized carbons (Fsp3) is 0.900. The summed E-state index contributed by atoms with van der Waals surface area (Å²) in [4.78, 5) is 26.7. The van der Waals surface area contributed by atoms with Crippen LogP contribution in [-0.4, -0.2) is 60.6 Å². The minimum Gasteiger partial charge on any atom is -0.298 e. The minimum absolute atomic E-state index is 0.428. The zero-order valence-electron chi connectivity index (χ0n) is 16.0. The molecule has 2 aliphatic heterocycles. The van der Waals surface area contributed by atoms with E-state index in [9.17, 15) is 9.59 Å². The first-order valence-electron chi connectivity index (χ1n) is 10.1. The highest BCUT2D eigenvalue weighted by molar-refractivity contribution is 5.81. The highest BCUT2D eigenvalue weighted by Crippen LogP contribution is 2.08. The van der Waals surface area contributed by atoms with Gasteiger partial charge in [-0.05, 0) is 51.9 Å². The molecule has 0 atom stereocenters. The van der Waals surface area contributed by atoms with Crippen molar-refractivity contribution in [2.75, 3.05) is 39.3 Å². The number of ketones is 2. The number of likely N-dealkylation sites (tertiary alicyclic amines) is 2. The van der Waals surface area contributed by atoms with E-state index in [1.807, 2.05) is 0 Å². The molecule has 0 unspecified atom stereocenters. The number of unbranched alkanes of at least 4 members (excludes halogenated alkanes) is 4. The highest BCUT2D eigenvalue weighted by atomic mass is 16.1. The number of rotatable bonds is 8. The van der Waals surface area contributed by atoms with Crippen molar-refractivity contribution < 1.29 is 9.59 Å². The molecule has 0 radical (unpaired) electrons. The number of hydrogen-bond donors (Lipinski definition) is 0. The van der Waals surface area contributed by atoms with Crippen LogP contribution in [-0.2, 0) is 9.59 Å². The molecule has 0 spiro atoms. The van der Waals surface area contributed by atoms with Gasteiger partial charge in [-0.2, -0.15) is 0 Å². The fourth-order valence-electron chi connectivity index (χ4n) is 3.37. The average Bonchev–Trinajstić information content (AvgIpc) is 2.56. The first-order chi connectivity index (χ1) is 11.7. The van der Waals surface area contributed by atoms with Gasteiger partial charge in [0.2, 0.25) is 0 Å². The number of carbonyl (C=O) groups excluding carboxylic acids is 2. The molecule has 0 aliphatic carbocycles. The molecule has 2 rings (SSSR count). The molecule has 2 saturated heterocycles. The van der Waals surface area contributed by atoms with Crippen LogP contribution in [0.4, 0.5) is 0 Å². The summed E-state index contributed by atoms with van der Waals surface area (Å²) in [6.45, 7) is 10.4. The molecule has 0 aromatic carbocycles. The van der Waals surface area contributed by atoms with E-state index in [0.29, 0.717) is 24.7 Å². The second-order valence-corrected chi connectivity index (χ2v) is 7.25. The van der Waals surface area contributed by atoms with Crippen LogP contribution in [0.1, 0.15) is 78.1 Å². The van der Waals surface area contributed by atoms with E-state index in [1.54, 1.807) is 0 Å². The Hall–Kier alpha value is -0.740. The zero-order valence-corrected chi connectivity index (χ0v) is 16.0. The first-order valence-corrected chi connectivity index (χ1v) is 10.1. The second kappa shape index (κ2) is 13.5. The third-order valence-electron chi connectivity index (χ3n) is 4.82. The Morgan fingerprint density at radius 2 is 1.12 bits per heavy atom. The molecule has 0 aromatic heterocycles. The summed E-state index contributed by atoms with van der Waals surface area (Å²) < 4.78 is 0. The summed E-state index contributed by atoms with van der Waals surface area (Å²) in [5.41, 5.74) is 0. The molecule has 0 aromatic rings. The van der Waals surface area contributed by atoms with Gasteiger partial charge in [0.1, 0.15) is 11.6 Å². The van der Waals surface area contributed by atoms with Crippen molar-refractivity contribution >= 4 is 11.6 Å². The molecular weight excluding hydrogens is 300 g/mol. The van der Waals surface area contributed by atoms with Crippen LogP contribution in [0.2, 0.25) is 0 Å². The van der Waals surface area contributed by atoms with E-state index in [4.69, 9.17) is 0 Å². The normalized spacial score (nSPS) is 19.9. The Bertz CT molecular complexity index is 324. The third kappa shape index (κ3) is 10.2. The van der Waals surface area contributed by atoms with Gasteiger partial charge in [0, 0.05) is 12.8 Å². The van der Waals surface area contributed by atoms with Crippen LogP contribution in [0.5, 0.6) is 0 Å². The topological polar surface area (TPSA) is 40.6 Å². The maximum atomic E-state index is 11.1. The number of nitrogens with zero attached hydrogens (tertiary/aromatic N) is 2. The molecule has 4 heteroatoms. The van der Waals surface area contributed by atoms with Crippen LogP contribution in [0, 0.1) is 0 Å². The number of Topliss-reactive ketones (excluding diaryl/α,β-unsaturated/α-hetero) is 2. The van der Waals surface area contributed by atoms with Crippen molar-refractivity contribution in [2.24, 2.45) is 0 Å². The van der Waals surface area contributed by atoms with Gasteiger partial charge in [0.15, 0.2) is 0 Å². The summed E-state index contributed by atoms with van der Waals surface area (Å²) in [6, 6.07) is 0. The van der Waals surface area contributed by atoms with E-state index >= 15 is 0 Å². The van der Waals surface area contributed by atoms with Crippen molar-refractivity contribution in [1.82, 2.24) is 9.80 Å². The van der Waals surface area contributed by atoms with Crippen molar-refractivity contribution in [2.45, 2.75) is 78.1 Å². The van der Waals surface area contributed by atoms with Gasteiger partial charge < -0.3 is 0 Å². The largest absolute Gasteiger partial charge is 0.298 e. The molecule has 0 bridgehead atoms. The Morgan fingerprint density at radius 1 is 0.708 bits per heavy atom. The lowest BCUT2D eigenvalue weighted by molar-refractivity contribution is -0.122. The zero-order chi connectivity index (χ0) is 17.6. The Labute approximate surface area is 149 Å². The van der Waals surface area contributed by atoms with Gasteiger partial charge in [0.25, 0.3) is 0 Å². The predicted octanol–water partition coefficient (Wildman–Crippen LogP) is 3.68. The van der Waals surface area contributed by atoms with Crippen LogP contribution in [0.25, 0.3) is 0 Å². The van der Waals surface area contributed by atoms with Gasteiger partial charge in [-0.3, -0.25) is 19.4 Å². The van der Waals surface area contributed by atoms with Crippen molar-refractivity contribution in [3.05, 3.63) is 0 Å². The van der Waals surface area contributed by atoms with Crippen LogP contribution >= 0.6 is 0 Å². The Kier molecular flexibility index (Phi) is 12.0. The lowest BCUT2D eigenvalue weighted by atomic mass is 10.1. The monoisotopic (exact) mass is 338 g/mol. The SMILES string of the molecule is CCCCCN1CCCC(=O)C1.CCCCCN1CCCC(=O)C1. The first kappa shape index (κ1) is 21.3. The molecule has 2 heterocycles. The van der Waals surface area contributed by atoms with Crippen molar-refractivity contribution in [3.63, 3.8) is 0 Å². The molecule has 0 saturated carbocycles. The molecule has 0 amide bonds. The standard InChI is InChI=1S/2C10H19NO/c2*1-2-3-4-7-11-8-5-6-10(12)9-11/h2*2-9H2,1H3. The minimum atomic E-state index is 0.428. The summed E-state index contributed by atoms with van der Waals surface area (Å²) in [6.07, 6.45) is 11.4. The summed E-state index contributed by atoms with van der Waals surface area (Å²) in [7, 11) is 0. The molecule has 2 fully saturated rings. The number of piperidine rings is 2. The lowest BCUT2D eigenvalue weighted by Crippen LogP contribution is -2.36. The number of hydrogen-bond acceptors (Lipinski definition) is 4. The predicted molar refractivity (Wildman–Crippen MR) is 100 cm³/mol. The Balaban J connectivity index is 0.000000240. The average molecular weight is 339 g/mol. The highest BCUT2D eigenvalue weighted by Gasteiger charge is 2.16. The van der Waals surface area contributed by atoms with Gasteiger partial charge in [-0.25, -0.2) is 0 Å². The van der Waals surface area contributed by atoms with Crippen molar-refractivity contribution in [1.29, 1.82) is 0 Å². The van der Waals surface area contributed by atoms with E-state index < -0.39 is 0 Å². The summed E-state index contributed by atoms with van der Waals surface area (Å²) >= 11 is 0. The lowest BCUT2D eigenvalue weighted by Gasteiger charge is -2.25. The van der Waals surface area contributed by atoms with Gasteiger partial charge in [0.05, 0.1) is 13.1 Å². The maximum absolute atomic E-state index is 11.1. The second-order valence-electron chi connectivity index (χ2n) is 7.25. The Morgan fingerprint density at radius 3 is 1.46 bits per heavy atom. The molecular formula is C20H38N2O2. The van der Waals surface area contributed by atoms with Crippen molar-refractivity contribution in [3.8, 4) is 0 Å². The summed E-state index contributed by atoms with van der Waals surface area (Å²) in [5, 5.41) is 0. The van der Waals surface area contributed by atoms with E-state index in [1.165, 1.54) is 38.5 Å². The fourth-order valence-corrected chi connectivity index (χ4v) is 3.37.